The minimum atomic E-state index is 0.0323. The molecule has 4 rings (SSSR count). The third-order valence-electron chi connectivity index (χ3n) is 7.23. The molecule has 0 amide bonds. The topological polar surface area (TPSA) is 28.2 Å². The first kappa shape index (κ1) is 24.2. The average molecular weight is 454 g/mol. The molecule has 1 atom stereocenters. The van der Waals surface area contributed by atoms with Crippen molar-refractivity contribution in [2.75, 3.05) is 19.6 Å². The monoisotopic (exact) mass is 453 g/mol. The van der Waals surface area contributed by atoms with Crippen LogP contribution in [0.25, 0.3) is 0 Å². The van der Waals surface area contributed by atoms with Crippen molar-refractivity contribution in [1.29, 1.82) is 0 Å². The molecule has 34 heavy (non-hydrogen) atoms. The van der Waals surface area contributed by atoms with Gasteiger partial charge in [0, 0.05) is 17.8 Å². The number of allylic oxidation sites excluding steroid dienone is 1. The summed E-state index contributed by atoms with van der Waals surface area (Å²) in [6.45, 7) is 14.5. The normalized spacial score (nSPS) is 15.7. The van der Waals surface area contributed by atoms with Gasteiger partial charge in [-0.3, -0.25) is 4.98 Å². The summed E-state index contributed by atoms with van der Waals surface area (Å²) in [5, 5.41) is 3.75. The van der Waals surface area contributed by atoms with Crippen LogP contribution < -0.4 is 5.32 Å². The van der Waals surface area contributed by atoms with Gasteiger partial charge in [-0.2, -0.15) is 0 Å². The molecule has 3 heteroatoms. The van der Waals surface area contributed by atoms with Gasteiger partial charge < -0.3 is 10.2 Å². The first-order valence-electron chi connectivity index (χ1n) is 12.7. The highest BCUT2D eigenvalue weighted by atomic mass is 15.1. The molecule has 2 heterocycles. The van der Waals surface area contributed by atoms with Gasteiger partial charge in [0.15, 0.2) is 0 Å². The minimum absolute atomic E-state index is 0.0323. The van der Waals surface area contributed by atoms with E-state index in [0.29, 0.717) is 5.92 Å². The highest BCUT2D eigenvalue weighted by molar-refractivity contribution is 5.32. The fourth-order valence-electron chi connectivity index (χ4n) is 5.00. The number of rotatable bonds is 9. The number of aryl methyl sites for hydroxylation is 4. The zero-order valence-electron chi connectivity index (χ0n) is 21.1. The number of hydrogen-bond acceptors (Lipinski definition) is 3. The van der Waals surface area contributed by atoms with Gasteiger partial charge in [-0.25, -0.2) is 0 Å². The van der Waals surface area contributed by atoms with E-state index in [0.717, 1.165) is 37.3 Å². The van der Waals surface area contributed by atoms with Gasteiger partial charge in [-0.05, 0) is 94.9 Å². The lowest BCUT2D eigenvalue weighted by Gasteiger charge is -2.34. The standard InChI is InChI=1S/C31H39N3/c1-23-11-14-28(15-12-23)31(30-9-5-6-18-32-30)33-26(4)27-16-20-34(21-17-27)19-7-8-29-22-24(2)10-13-25(29)3/h5-6,9-15,18,22,27,31,33H,4,7-8,16-17,19-21H2,1-3H3. The van der Waals surface area contributed by atoms with E-state index in [1.54, 1.807) is 0 Å². The first-order valence-corrected chi connectivity index (χ1v) is 12.7. The van der Waals surface area contributed by atoms with Crippen molar-refractivity contribution in [1.82, 2.24) is 15.2 Å². The molecular weight excluding hydrogens is 414 g/mol. The van der Waals surface area contributed by atoms with E-state index < -0.39 is 0 Å². The molecule has 1 saturated heterocycles. The van der Waals surface area contributed by atoms with E-state index in [4.69, 9.17) is 0 Å². The summed E-state index contributed by atoms with van der Waals surface area (Å²) < 4.78 is 0. The maximum atomic E-state index is 4.65. The number of likely N-dealkylation sites (tertiary alicyclic amines) is 1. The lowest BCUT2D eigenvalue weighted by molar-refractivity contribution is 0.193. The number of benzene rings is 2. The Morgan fingerprint density at radius 3 is 2.44 bits per heavy atom. The van der Waals surface area contributed by atoms with Crippen LogP contribution >= 0.6 is 0 Å². The molecule has 0 radical (unpaired) electrons. The molecule has 1 aliphatic heterocycles. The third-order valence-corrected chi connectivity index (χ3v) is 7.23. The van der Waals surface area contributed by atoms with Gasteiger partial charge >= 0.3 is 0 Å². The van der Waals surface area contributed by atoms with Crippen molar-refractivity contribution >= 4 is 0 Å². The van der Waals surface area contributed by atoms with E-state index >= 15 is 0 Å². The van der Waals surface area contributed by atoms with Gasteiger partial charge in [0.2, 0.25) is 0 Å². The summed E-state index contributed by atoms with van der Waals surface area (Å²) in [5.41, 5.74) is 8.97. The molecule has 2 aromatic carbocycles. The SMILES string of the molecule is C=C(NC(c1ccc(C)cc1)c1ccccn1)C1CCN(CCCc2cc(C)ccc2C)CC1. The Morgan fingerprint density at radius 1 is 1.00 bits per heavy atom. The van der Waals surface area contributed by atoms with Crippen molar-refractivity contribution in [2.24, 2.45) is 5.92 Å². The minimum Gasteiger partial charge on any atom is -0.376 e. The van der Waals surface area contributed by atoms with Crippen LogP contribution in [0.2, 0.25) is 0 Å². The predicted octanol–water partition coefficient (Wildman–Crippen LogP) is 6.54. The first-order chi connectivity index (χ1) is 16.5. The Hall–Kier alpha value is -2.91. The van der Waals surface area contributed by atoms with Crippen LogP contribution in [0.4, 0.5) is 0 Å². The molecule has 1 aliphatic rings. The van der Waals surface area contributed by atoms with Crippen LogP contribution in [0.1, 0.15) is 58.8 Å². The van der Waals surface area contributed by atoms with Crippen molar-refractivity contribution in [3.63, 3.8) is 0 Å². The fraction of sp³-hybridized carbons (Fsp3) is 0.387. The third kappa shape index (κ3) is 6.36. The molecule has 1 aromatic heterocycles. The van der Waals surface area contributed by atoms with Crippen LogP contribution in [0, 0.1) is 26.7 Å². The zero-order chi connectivity index (χ0) is 23.9. The Morgan fingerprint density at radius 2 is 1.74 bits per heavy atom. The Kier molecular flexibility index (Phi) is 8.18. The van der Waals surface area contributed by atoms with Crippen LogP contribution in [-0.4, -0.2) is 29.5 Å². The number of aromatic nitrogens is 1. The molecule has 1 unspecified atom stereocenters. The second kappa shape index (κ2) is 11.5. The molecule has 0 saturated carbocycles. The summed E-state index contributed by atoms with van der Waals surface area (Å²) in [6.07, 6.45) is 6.60. The second-order valence-corrected chi connectivity index (χ2v) is 9.92. The van der Waals surface area contributed by atoms with Crippen LogP contribution in [0.3, 0.4) is 0 Å². The zero-order valence-corrected chi connectivity index (χ0v) is 21.1. The smallest absolute Gasteiger partial charge is 0.0937 e. The lowest BCUT2D eigenvalue weighted by Crippen LogP contribution is -2.37. The van der Waals surface area contributed by atoms with E-state index in [1.165, 1.54) is 47.2 Å². The maximum Gasteiger partial charge on any atom is 0.0937 e. The molecular formula is C31H39N3. The molecule has 0 bridgehead atoms. The molecule has 178 valence electrons. The summed E-state index contributed by atoms with van der Waals surface area (Å²) in [5.74, 6) is 0.506. The van der Waals surface area contributed by atoms with E-state index in [-0.39, 0.29) is 6.04 Å². The Bertz CT molecular complexity index is 1060. The van der Waals surface area contributed by atoms with Crippen LogP contribution in [0.15, 0.2) is 79.1 Å². The molecule has 0 spiro atoms. The van der Waals surface area contributed by atoms with E-state index in [2.05, 4.69) is 97.1 Å². The van der Waals surface area contributed by atoms with Gasteiger partial charge in [-0.15, -0.1) is 0 Å². The average Bonchev–Trinajstić information content (AvgIpc) is 2.86. The number of nitrogens with zero attached hydrogens (tertiary/aromatic N) is 2. The lowest BCUT2D eigenvalue weighted by atomic mass is 9.92. The molecule has 3 aromatic rings. The maximum absolute atomic E-state index is 4.65. The number of pyridine rings is 1. The van der Waals surface area contributed by atoms with Gasteiger partial charge in [0.1, 0.15) is 0 Å². The van der Waals surface area contributed by atoms with Crippen molar-refractivity contribution in [3.8, 4) is 0 Å². The van der Waals surface area contributed by atoms with Crippen LogP contribution in [0.5, 0.6) is 0 Å². The number of nitrogens with one attached hydrogen (secondary N) is 1. The number of piperidine rings is 1. The van der Waals surface area contributed by atoms with Crippen molar-refractivity contribution < 1.29 is 0 Å². The van der Waals surface area contributed by atoms with Crippen LogP contribution in [-0.2, 0) is 6.42 Å². The van der Waals surface area contributed by atoms with Gasteiger partial charge in [0.25, 0.3) is 0 Å². The predicted molar refractivity (Wildman–Crippen MR) is 143 cm³/mol. The van der Waals surface area contributed by atoms with E-state index in [1.807, 2.05) is 12.3 Å². The Labute approximate surface area is 205 Å². The summed E-state index contributed by atoms with van der Waals surface area (Å²) >= 11 is 0. The molecule has 3 nitrogen and oxygen atoms in total. The largest absolute Gasteiger partial charge is 0.376 e. The summed E-state index contributed by atoms with van der Waals surface area (Å²) in [7, 11) is 0. The molecule has 1 fully saturated rings. The summed E-state index contributed by atoms with van der Waals surface area (Å²) in [4.78, 5) is 7.28. The van der Waals surface area contributed by atoms with Crippen molar-refractivity contribution in [2.45, 2.75) is 52.5 Å². The van der Waals surface area contributed by atoms with E-state index in [9.17, 15) is 0 Å². The second-order valence-electron chi connectivity index (χ2n) is 9.92. The Balaban J connectivity index is 1.30. The van der Waals surface area contributed by atoms with Crippen molar-refractivity contribution in [3.05, 3.63) is 113 Å². The molecule has 0 aliphatic carbocycles. The fourth-order valence-corrected chi connectivity index (χ4v) is 5.00. The quantitative estimate of drug-likeness (QED) is 0.398. The highest BCUT2D eigenvalue weighted by Crippen LogP contribution is 2.28. The van der Waals surface area contributed by atoms with Gasteiger partial charge in [0.05, 0.1) is 11.7 Å². The molecule has 1 N–H and O–H groups in total. The highest BCUT2D eigenvalue weighted by Gasteiger charge is 2.24. The number of hydrogen-bond donors (Lipinski definition) is 1. The van der Waals surface area contributed by atoms with Gasteiger partial charge in [-0.1, -0.05) is 66.2 Å². The summed E-state index contributed by atoms with van der Waals surface area (Å²) in [6, 6.07) is 21.7.